The van der Waals surface area contributed by atoms with E-state index in [1.54, 1.807) is 24.3 Å². The van der Waals surface area contributed by atoms with E-state index in [1.165, 1.54) is 25.1 Å². The second-order valence-corrected chi connectivity index (χ2v) is 8.64. The molecule has 2 N–H and O–H groups in total. The molecule has 3 rings (SSSR count). The van der Waals surface area contributed by atoms with Crippen LogP contribution in [0.25, 0.3) is 11.3 Å². The van der Waals surface area contributed by atoms with Crippen molar-refractivity contribution in [2.24, 2.45) is 5.73 Å². The molecule has 1 aromatic heterocycles. The number of halogens is 2. The average Bonchev–Trinajstić information content (AvgIpc) is 2.68. The summed E-state index contributed by atoms with van der Waals surface area (Å²) in [7, 11) is -3.99. The van der Waals surface area contributed by atoms with Crippen LogP contribution in [0.15, 0.2) is 47.3 Å². The molecule has 0 bridgehead atoms. The van der Waals surface area contributed by atoms with Gasteiger partial charge in [-0.3, -0.25) is 4.79 Å². The molecule has 0 saturated heterocycles. The first-order valence-electron chi connectivity index (χ1n) is 8.84. The van der Waals surface area contributed by atoms with E-state index in [2.05, 4.69) is 5.10 Å². The summed E-state index contributed by atoms with van der Waals surface area (Å²) >= 11 is 6.19. The van der Waals surface area contributed by atoms with Gasteiger partial charge in [-0.15, -0.1) is 0 Å². The number of aromatic nitrogens is 2. The molecule has 0 aliphatic carbocycles. The Morgan fingerprint density at radius 3 is 2.53 bits per heavy atom. The van der Waals surface area contributed by atoms with Gasteiger partial charge in [-0.1, -0.05) is 29.8 Å². The number of rotatable bonds is 6. The first kappa shape index (κ1) is 21.9. The van der Waals surface area contributed by atoms with E-state index >= 15 is 0 Å². The molecule has 3 aromatic rings. The van der Waals surface area contributed by atoms with Crippen molar-refractivity contribution in [3.63, 3.8) is 0 Å². The molecule has 2 aromatic carbocycles. The van der Waals surface area contributed by atoms with Crippen molar-refractivity contribution in [3.8, 4) is 17.0 Å². The summed E-state index contributed by atoms with van der Waals surface area (Å²) in [6.45, 7) is 1.46. The molecule has 0 spiro atoms. The third kappa shape index (κ3) is 4.69. The Balaban J connectivity index is 2.25. The Morgan fingerprint density at radius 1 is 1.20 bits per heavy atom. The van der Waals surface area contributed by atoms with Crippen LogP contribution in [0.2, 0.25) is 5.02 Å². The predicted molar refractivity (Wildman–Crippen MR) is 113 cm³/mol. The average molecular weight is 452 g/mol. The monoisotopic (exact) mass is 451 g/mol. The molecule has 10 heteroatoms. The first-order chi connectivity index (χ1) is 14.1. The minimum absolute atomic E-state index is 0.0170. The largest absolute Gasteiger partial charge is 0.376 e. The summed E-state index contributed by atoms with van der Waals surface area (Å²) in [5.41, 5.74) is 6.64. The van der Waals surface area contributed by atoms with Gasteiger partial charge in [0, 0.05) is 28.3 Å². The number of nitrogens with two attached hydrogens (primary N) is 1. The van der Waals surface area contributed by atoms with E-state index in [4.69, 9.17) is 21.5 Å². The fraction of sp³-hybridized carbons (Fsp3) is 0.200. The SMILES string of the molecule is Cc1c(-c2ccc(F)c(CN)c2)nn(Cc2ccccc2Cl)c(=O)c1OS(C)(=O)=O. The topological polar surface area (TPSA) is 104 Å². The minimum atomic E-state index is -3.99. The maximum Gasteiger partial charge on any atom is 0.311 e. The van der Waals surface area contributed by atoms with Crippen molar-refractivity contribution in [1.82, 2.24) is 9.78 Å². The van der Waals surface area contributed by atoms with Gasteiger partial charge in [-0.2, -0.15) is 13.5 Å². The summed E-state index contributed by atoms with van der Waals surface area (Å²) in [6, 6.07) is 11.1. The van der Waals surface area contributed by atoms with Crippen LogP contribution in [-0.2, 0) is 23.2 Å². The van der Waals surface area contributed by atoms with Gasteiger partial charge in [-0.25, -0.2) is 9.07 Å². The predicted octanol–water partition coefficient (Wildman–Crippen LogP) is 2.86. The van der Waals surface area contributed by atoms with Gasteiger partial charge in [0.15, 0.2) is 0 Å². The molecule has 0 unspecified atom stereocenters. The summed E-state index contributed by atoms with van der Waals surface area (Å²) < 4.78 is 43.4. The first-order valence-corrected chi connectivity index (χ1v) is 11.0. The van der Waals surface area contributed by atoms with Crippen LogP contribution in [0.5, 0.6) is 5.75 Å². The highest BCUT2D eigenvalue weighted by Gasteiger charge is 2.21. The second-order valence-electron chi connectivity index (χ2n) is 6.65. The number of hydrogen-bond acceptors (Lipinski definition) is 6. The van der Waals surface area contributed by atoms with Gasteiger partial charge in [0.25, 0.3) is 0 Å². The van der Waals surface area contributed by atoms with Gasteiger partial charge in [0.1, 0.15) is 5.82 Å². The summed E-state index contributed by atoms with van der Waals surface area (Å²) in [4.78, 5) is 12.9. The van der Waals surface area contributed by atoms with E-state index in [0.717, 1.165) is 10.9 Å². The minimum Gasteiger partial charge on any atom is -0.376 e. The molecule has 158 valence electrons. The Labute approximate surface area is 178 Å². The maximum atomic E-state index is 13.9. The van der Waals surface area contributed by atoms with Gasteiger partial charge in [0.05, 0.1) is 18.5 Å². The Kier molecular flexibility index (Phi) is 6.25. The third-order valence-corrected chi connectivity index (χ3v) is 5.24. The molecule has 0 saturated carbocycles. The highest BCUT2D eigenvalue weighted by atomic mass is 35.5. The van der Waals surface area contributed by atoms with Crippen molar-refractivity contribution in [2.75, 3.05) is 6.26 Å². The van der Waals surface area contributed by atoms with Gasteiger partial charge < -0.3 is 9.92 Å². The summed E-state index contributed by atoms with van der Waals surface area (Å²) in [5, 5.41) is 4.80. The van der Waals surface area contributed by atoms with Crippen molar-refractivity contribution in [1.29, 1.82) is 0 Å². The molecule has 0 fully saturated rings. The highest BCUT2D eigenvalue weighted by molar-refractivity contribution is 7.86. The normalized spacial score (nSPS) is 11.5. The van der Waals surface area contributed by atoms with Crippen LogP contribution in [0.1, 0.15) is 16.7 Å². The van der Waals surface area contributed by atoms with E-state index in [1.807, 2.05) is 0 Å². The van der Waals surface area contributed by atoms with E-state index in [0.29, 0.717) is 16.1 Å². The van der Waals surface area contributed by atoms with Crippen LogP contribution in [-0.4, -0.2) is 24.5 Å². The Hall–Kier alpha value is -2.75. The van der Waals surface area contributed by atoms with Crippen LogP contribution in [0, 0.1) is 12.7 Å². The molecule has 0 atom stereocenters. The quantitative estimate of drug-likeness (QED) is 0.578. The van der Waals surface area contributed by atoms with Crippen molar-refractivity contribution >= 4 is 21.7 Å². The summed E-state index contributed by atoms with van der Waals surface area (Å²) in [5.74, 6) is -0.857. The lowest BCUT2D eigenvalue weighted by Crippen LogP contribution is -2.28. The van der Waals surface area contributed by atoms with E-state index < -0.39 is 21.5 Å². The molecule has 1 heterocycles. The molecule has 0 aliphatic rings. The summed E-state index contributed by atoms with van der Waals surface area (Å²) in [6.07, 6.45) is 0.842. The number of nitrogens with zero attached hydrogens (tertiary/aromatic N) is 2. The molecule has 7 nitrogen and oxygen atoms in total. The Morgan fingerprint density at radius 2 is 1.90 bits per heavy atom. The van der Waals surface area contributed by atoms with Gasteiger partial charge in [0.2, 0.25) is 5.75 Å². The zero-order valence-electron chi connectivity index (χ0n) is 16.2. The van der Waals surface area contributed by atoms with Crippen LogP contribution in [0.4, 0.5) is 4.39 Å². The molecular formula is C20H19ClFN3O4S. The smallest absolute Gasteiger partial charge is 0.311 e. The number of benzene rings is 2. The molecular weight excluding hydrogens is 433 g/mol. The standard InChI is InChI=1S/C20H19ClFN3O4S/c1-12-18(13-7-8-17(22)15(9-13)10-23)24-25(11-14-5-3-4-6-16(14)21)20(26)19(12)29-30(2,27)28/h3-9H,10-11,23H2,1-2H3. The lowest BCUT2D eigenvalue weighted by Gasteiger charge is -2.15. The molecule has 30 heavy (non-hydrogen) atoms. The van der Waals surface area contributed by atoms with Crippen LogP contribution < -0.4 is 15.5 Å². The van der Waals surface area contributed by atoms with Crippen LogP contribution in [0.3, 0.4) is 0 Å². The van der Waals surface area contributed by atoms with Crippen molar-refractivity contribution in [3.05, 3.63) is 80.3 Å². The number of hydrogen-bond donors (Lipinski definition) is 1. The highest BCUT2D eigenvalue weighted by Crippen LogP contribution is 2.28. The molecule has 0 aliphatic heterocycles. The maximum absolute atomic E-state index is 13.9. The van der Waals surface area contributed by atoms with Crippen molar-refractivity contribution in [2.45, 2.75) is 20.0 Å². The molecule has 0 radical (unpaired) electrons. The zero-order chi connectivity index (χ0) is 22.1. The fourth-order valence-corrected chi connectivity index (χ4v) is 3.62. The van der Waals surface area contributed by atoms with Crippen molar-refractivity contribution < 1.29 is 17.0 Å². The van der Waals surface area contributed by atoms with Gasteiger partial charge in [-0.05, 0) is 36.8 Å². The third-order valence-electron chi connectivity index (χ3n) is 4.40. The van der Waals surface area contributed by atoms with E-state index in [-0.39, 0.29) is 35.7 Å². The van der Waals surface area contributed by atoms with E-state index in [9.17, 15) is 17.6 Å². The van der Waals surface area contributed by atoms with Gasteiger partial charge >= 0.3 is 15.7 Å². The van der Waals surface area contributed by atoms with Crippen LogP contribution >= 0.6 is 11.6 Å². The molecule has 0 amide bonds. The Bertz CT molecular complexity index is 1280. The fourth-order valence-electron chi connectivity index (χ4n) is 2.92. The lowest BCUT2D eigenvalue weighted by molar-refractivity contribution is 0.477. The lowest BCUT2D eigenvalue weighted by atomic mass is 10.0. The zero-order valence-corrected chi connectivity index (χ0v) is 17.8. The second kappa shape index (κ2) is 8.55.